The number of hydrogen-bond donors (Lipinski definition) is 0. The zero-order valence-electron chi connectivity index (χ0n) is 6.83. The van der Waals surface area contributed by atoms with Gasteiger partial charge in [-0.1, -0.05) is 28.9 Å². The Morgan fingerprint density at radius 2 is 2.00 bits per heavy atom. The molecule has 2 nitrogen and oxygen atoms in total. The van der Waals surface area contributed by atoms with Gasteiger partial charge < -0.3 is 0 Å². The molecule has 0 aliphatic heterocycles. The first-order valence-electron chi connectivity index (χ1n) is 3.79. The van der Waals surface area contributed by atoms with Gasteiger partial charge in [0, 0.05) is 5.02 Å². The van der Waals surface area contributed by atoms with Crippen molar-refractivity contribution in [1.82, 2.24) is 0 Å². The van der Waals surface area contributed by atoms with E-state index in [1.54, 1.807) is 6.92 Å². The van der Waals surface area contributed by atoms with Gasteiger partial charge in [-0.15, -0.1) is 0 Å². The van der Waals surface area contributed by atoms with E-state index < -0.39 is 0 Å². The first-order valence-corrected chi connectivity index (χ1v) is 4.17. The molecule has 0 amide bonds. The Hall–Kier alpha value is -0.890. The van der Waals surface area contributed by atoms with Gasteiger partial charge in [-0.2, -0.15) is 4.91 Å². The van der Waals surface area contributed by atoms with Gasteiger partial charge in [0.15, 0.2) is 0 Å². The Bertz CT molecular complexity index is 258. The van der Waals surface area contributed by atoms with Gasteiger partial charge in [0.1, 0.15) is 0 Å². The largest absolute Gasteiger partial charge is 0.151 e. The van der Waals surface area contributed by atoms with Crippen LogP contribution in [0.3, 0.4) is 0 Å². The van der Waals surface area contributed by atoms with Crippen LogP contribution in [-0.2, 0) is 6.42 Å². The summed E-state index contributed by atoms with van der Waals surface area (Å²) in [6, 6.07) is 7.28. The molecule has 0 N–H and O–H groups in total. The highest BCUT2D eigenvalue weighted by Gasteiger charge is 2.01. The minimum atomic E-state index is -0.161. The molecule has 0 heterocycles. The average molecular weight is 184 g/mol. The molecule has 0 fully saturated rings. The number of rotatable bonds is 3. The first-order chi connectivity index (χ1) is 5.72. The lowest BCUT2D eigenvalue weighted by Crippen LogP contribution is -2.00. The predicted octanol–water partition coefficient (Wildman–Crippen LogP) is 3.04. The summed E-state index contributed by atoms with van der Waals surface area (Å²) in [5.74, 6) is 0. The fraction of sp³-hybridized carbons (Fsp3) is 0.333. The minimum Gasteiger partial charge on any atom is -0.151 e. The van der Waals surface area contributed by atoms with E-state index in [-0.39, 0.29) is 6.04 Å². The van der Waals surface area contributed by atoms with E-state index in [9.17, 15) is 4.91 Å². The fourth-order valence-electron chi connectivity index (χ4n) is 0.999. The van der Waals surface area contributed by atoms with E-state index in [1.807, 2.05) is 24.3 Å². The molecule has 3 heteroatoms. The maximum Gasteiger partial charge on any atom is 0.0931 e. The monoisotopic (exact) mass is 183 g/mol. The van der Waals surface area contributed by atoms with Crippen LogP contribution in [0.1, 0.15) is 12.5 Å². The van der Waals surface area contributed by atoms with E-state index in [2.05, 4.69) is 5.18 Å². The minimum absolute atomic E-state index is 0.161. The van der Waals surface area contributed by atoms with Crippen LogP contribution in [0.2, 0.25) is 5.02 Å². The van der Waals surface area contributed by atoms with Gasteiger partial charge in [0.05, 0.1) is 6.04 Å². The quantitative estimate of drug-likeness (QED) is 0.663. The first kappa shape index (κ1) is 9.20. The molecule has 64 valence electrons. The second-order valence-corrected chi connectivity index (χ2v) is 3.22. The van der Waals surface area contributed by atoms with Gasteiger partial charge in [-0.3, -0.25) is 0 Å². The molecule has 1 aromatic carbocycles. The third-order valence-electron chi connectivity index (χ3n) is 1.62. The van der Waals surface area contributed by atoms with Gasteiger partial charge >= 0.3 is 0 Å². The van der Waals surface area contributed by atoms with E-state index in [1.165, 1.54) is 0 Å². The molecule has 0 aromatic heterocycles. The summed E-state index contributed by atoms with van der Waals surface area (Å²) in [5, 5.41) is 3.64. The lowest BCUT2D eigenvalue weighted by atomic mass is 10.1. The SMILES string of the molecule is CC(Cc1ccc(Cl)cc1)N=O. The van der Waals surface area contributed by atoms with Crippen molar-refractivity contribution in [3.05, 3.63) is 39.8 Å². The van der Waals surface area contributed by atoms with Crippen molar-refractivity contribution in [2.75, 3.05) is 0 Å². The second-order valence-electron chi connectivity index (χ2n) is 2.79. The predicted molar refractivity (Wildman–Crippen MR) is 50.4 cm³/mol. The lowest BCUT2D eigenvalue weighted by molar-refractivity contribution is 0.734. The molecule has 1 atom stereocenters. The summed E-state index contributed by atoms with van der Waals surface area (Å²) in [5.41, 5.74) is 1.09. The number of nitroso groups, excluding NO2 is 1. The zero-order valence-corrected chi connectivity index (χ0v) is 7.58. The van der Waals surface area contributed by atoms with Crippen molar-refractivity contribution >= 4 is 11.6 Å². The highest BCUT2D eigenvalue weighted by Crippen LogP contribution is 2.11. The average Bonchev–Trinajstić information content (AvgIpc) is 2.09. The standard InChI is InChI=1S/C9H10ClNO/c1-7(11-12)6-8-2-4-9(10)5-3-8/h2-5,7H,6H2,1H3. The summed E-state index contributed by atoms with van der Waals surface area (Å²) in [4.78, 5) is 10.1. The van der Waals surface area contributed by atoms with Crippen molar-refractivity contribution in [2.45, 2.75) is 19.4 Å². The van der Waals surface area contributed by atoms with Crippen LogP contribution in [0.5, 0.6) is 0 Å². The van der Waals surface area contributed by atoms with Gasteiger partial charge in [0.2, 0.25) is 0 Å². The number of benzene rings is 1. The van der Waals surface area contributed by atoms with Gasteiger partial charge in [-0.25, -0.2) is 0 Å². The molecule has 1 aromatic rings. The summed E-state index contributed by atoms with van der Waals surface area (Å²) >= 11 is 5.70. The molecule has 0 spiro atoms. The highest BCUT2D eigenvalue weighted by molar-refractivity contribution is 6.30. The topological polar surface area (TPSA) is 29.4 Å². The maximum absolute atomic E-state index is 10.1. The van der Waals surface area contributed by atoms with Crippen LogP contribution in [-0.4, -0.2) is 6.04 Å². The Kier molecular flexibility index (Phi) is 3.23. The van der Waals surface area contributed by atoms with Crippen molar-refractivity contribution in [1.29, 1.82) is 0 Å². The molecule has 12 heavy (non-hydrogen) atoms. The van der Waals surface area contributed by atoms with Crippen molar-refractivity contribution in [2.24, 2.45) is 5.18 Å². The molecule has 0 saturated heterocycles. The summed E-state index contributed by atoms with van der Waals surface area (Å²) < 4.78 is 0. The summed E-state index contributed by atoms with van der Waals surface area (Å²) in [7, 11) is 0. The molecule has 0 aliphatic carbocycles. The Balaban J connectivity index is 2.64. The Labute approximate surface area is 76.5 Å². The lowest BCUT2D eigenvalue weighted by Gasteiger charge is -2.01. The van der Waals surface area contributed by atoms with E-state index >= 15 is 0 Å². The van der Waals surface area contributed by atoms with Crippen LogP contribution >= 0.6 is 11.6 Å². The molecule has 0 bridgehead atoms. The fourth-order valence-corrected chi connectivity index (χ4v) is 1.12. The second kappa shape index (κ2) is 4.21. The van der Waals surface area contributed by atoms with Crippen LogP contribution in [0.25, 0.3) is 0 Å². The normalized spacial score (nSPS) is 12.5. The van der Waals surface area contributed by atoms with Gasteiger partial charge in [0.25, 0.3) is 0 Å². The van der Waals surface area contributed by atoms with E-state index in [4.69, 9.17) is 11.6 Å². The smallest absolute Gasteiger partial charge is 0.0931 e. The molecule has 0 radical (unpaired) electrons. The summed E-state index contributed by atoms with van der Waals surface area (Å²) in [6.45, 7) is 1.79. The zero-order chi connectivity index (χ0) is 8.97. The van der Waals surface area contributed by atoms with E-state index in [0.29, 0.717) is 11.4 Å². The molecular formula is C9H10ClNO. The molecule has 0 saturated carbocycles. The third-order valence-corrected chi connectivity index (χ3v) is 1.88. The summed E-state index contributed by atoms with van der Waals surface area (Å²) in [6.07, 6.45) is 0.681. The number of halogens is 1. The molecule has 0 aliphatic rings. The number of nitrogens with zero attached hydrogens (tertiary/aromatic N) is 1. The molecular weight excluding hydrogens is 174 g/mol. The third kappa shape index (κ3) is 2.62. The molecule has 1 unspecified atom stereocenters. The van der Waals surface area contributed by atoms with Crippen LogP contribution in [0, 0.1) is 4.91 Å². The van der Waals surface area contributed by atoms with Crippen LogP contribution in [0.15, 0.2) is 29.4 Å². The van der Waals surface area contributed by atoms with Crippen molar-refractivity contribution < 1.29 is 0 Å². The number of hydrogen-bond acceptors (Lipinski definition) is 2. The Morgan fingerprint density at radius 3 is 2.50 bits per heavy atom. The van der Waals surface area contributed by atoms with Crippen LogP contribution in [0.4, 0.5) is 0 Å². The van der Waals surface area contributed by atoms with Crippen molar-refractivity contribution in [3.63, 3.8) is 0 Å². The molecule has 1 rings (SSSR count). The van der Waals surface area contributed by atoms with E-state index in [0.717, 1.165) is 5.56 Å². The van der Waals surface area contributed by atoms with Crippen LogP contribution < -0.4 is 0 Å². The highest BCUT2D eigenvalue weighted by atomic mass is 35.5. The van der Waals surface area contributed by atoms with Crippen molar-refractivity contribution in [3.8, 4) is 0 Å². The Morgan fingerprint density at radius 1 is 1.42 bits per heavy atom. The maximum atomic E-state index is 10.1. The van der Waals surface area contributed by atoms with Gasteiger partial charge in [-0.05, 0) is 31.0 Å².